The number of hydrogen-bond acceptors (Lipinski definition) is 3. The number of rotatable bonds is 8. The number of carbonyl (C=O) groups excluding carboxylic acids is 2. The molecule has 4 heteroatoms. The number of Topliss-reactive ketones (excluding diaryl/α,β-unsaturated/α-hetero) is 1. The Morgan fingerprint density at radius 2 is 1.48 bits per heavy atom. The van der Waals surface area contributed by atoms with E-state index in [1.807, 2.05) is 61.6 Å². The van der Waals surface area contributed by atoms with Gasteiger partial charge in [-0.2, -0.15) is 0 Å². The lowest BCUT2D eigenvalue weighted by Crippen LogP contribution is -2.30. The summed E-state index contributed by atoms with van der Waals surface area (Å²) >= 11 is 0. The van der Waals surface area contributed by atoms with Gasteiger partial charge in [0.05, 0.1) is 0 Å². The highest BCUT2D eigenvalue weighted by molar-refractivity contribution is 5.98. The molecule has 0 heterocycles. The number of nitrogens with one attached hydrogen (secondary N) is 2. The number of hydrogen-bond donors (Lipinski definition) is 2. The van der Waals surface area contributed by atoms with Crippen LogP contribution in [0.3, 0.4) is 0 Å². The van der Waals surface area contributed by atoms with Crippen LogP contribution in [0.1, 0.15) is 23.2 Å². The predicted octanol–water partition coefficient (Wildman–Crippen LogP) is 2.65. The van der Waals surface area contributed by atoms with Gasteiger partial charge in [0.1, 0.15) is 0 Å². The minimum atomic E-state index is -0.0884. The normalized spacial score (nSPS) is 10.3. The standard InChI is InChI=1S/C19H22N2O2/c1-20-13-14-21-19(23)12-11-18(22)17-9-7-16(8-10-17)15-5-3-2-4-6-15/h2-10,20H,11-14H2,1H3,(H,21,23). The zero-order valence-corrected chi connectivity index (χ0v) is 13.3. The number of benzene rings is 2. The maximum atomic E-state index is 12.1. The lowest BCUT2D eigenvalue weighted by molar-refractivity contribution is -0.121. The molecule has 120 valence electrons. The van der Waals surface area contributed by atoms with Crippen LogP contribution in [-0.4, -0.2) is 31.8 Å². The molecule has 4 nitrogen and oxygen atoms in total. The van der Waals surface area contributed by atoms with E-state index in [2.05, 4.69) is 10.6 Å². The molecule has 0 aliphatic heterocycles. The second kappa shape index (κ2) is 8.86. The van der Waals surface area contributed by atoms with Gasteiger partial charge in [-0.25, -0.2) is 0 Å². The number of carbonyl (C=O) groups is 2. The third-order valence-electron chi connectivity index (χ3n) is 3.59. The van der Waals surface area contributed by atoms with Gasteiger partial charge in [0.25, 0.3) is 0 Å². The van der Waals surface area contributed by atoms with Crippen LogP contribution < -0.4 is 10.6 Å². The van der Waals surface area contributed by atoms with Crippen LogP contribution in [0.4, 0.5) is 0 Å². The smallest absolute Gasteiger partial charge is 0.220 e. The minimum absolute atomic E-state index is 0.00613. The van der Waals surface area contributed by atoms with Gasteiger partial charge in [-0.05, 0) is 18.2 Å². The Balaban J connectivity index is 1.87. The Kier molecular flexibility index (Phi) is 6.51. The second-order valence-electron chi connectivity index (χ2n) is 5.32. The van der Waals surface area contributed by atoms with Crippen molar-refractivity contribution in [1.29, 1.82) is 0 Å². The quantitative estimate of drug-likeness (QED) is 0.582. The van der Waals surface area contributed by atoms with E-state index in [1.165, 1.54) is 0 Å². The first-order chi connectivity index (χ1) is 11.2. The van der Waals surface area contributed by atoms with Gasteiger partial charge >= 0.3 is 0 Å². The van der Waals surface area contributed by atoms with E-state index in [1.54, 1.807) is 0 Å². The molecule has 2 aromatic rings. The zero-order chi connectivity index (χ0) is 16.5. The zero-order valence-electron chi connectivity index (χ0n) is 13.3. The lowest BCUT2D eigenvalue weighted by Gasteiger charge is -2.06. The first-order valence-corrected chi connectivity index (χ1v) is 7.80. The van der Waals surface area contributed by atoms with E-state index in [4.69, 9.17) is 0 Å². The van der Waals surface area contributed by atoms with Gasteiger partial charge in [0.15, 0.2) is 5.78 Å². The van der Waals surface area contributed by atoms with Gasteiger partial charge in [0, 0.05) is 31.5 Å². The van der Waals surface area contributed by atoms with Crippen molar-refractivity contribution in [2.45, 2.75) is 12.8 Å². The van der Waals surface area contributed by atoms with Gasteiger partial charge in [-0.15, -0.1) is 0 Å². The van der Waals surface area contributed by atoms with Crippen molar-refractivity contribution < 1.29 is 9.59 Å². The monoisotopic (exact) mass is 310 g/mol. The third kappa shape index (κ3) is 5.34. The molecular formula is C19H22N2O2. The SMILES string of the molecule is CNCCNC(=O)CCC(=O)c1ccc(-c2ccccc2)cc1. The summed E-state index contributed by atoms with van der Waals surface area (Å²) in [7, 11) is 1.83. The van der Waals surface area contributed by atoms with E-state index in [9.17, 15) is 9.59 Å². The largest absolute Gasteiger partial charge is 0.355 e. The summed E-state index contributed by atoms with van der Waals surface area (Å²) in [6, 6.07) is 17.5. The van der Waals surface area contributed by atoms with E-state index in [0.29, 0.717) is 12.1 Å². The molecule has 1 amide bonds. The minimum Gasteiger partial charge on any atom is -0.355 e. The molecular weight excluding hydrogens is 288 g/mol. The van der Waals surface area contributed by atoms with Crippen LogP contribution in [0.15, 0.2) is 54.6 Å². The highest BCUT2D eigenvalue weighted by Crippen LogP contribution is 2.19. The Labute approximate surface area is 136 Å². The summed E-state index contributed by atoms with van der Waals surface area (Å²) in [5.41, 5.74) is 2.84. The number of amides is 1. The van der Waals surface area contributed by atoms with E-state index >= 15 is 0 Å². The van der Waals surface area contributed by atoms with Crippen LogP contribution in [0.5, 0.6) is 0 Å². The van der Waals surface area contributed by atoms with Crippen molar-refractivity contribution >= 4 is 11.7 Å². The Bertz CT molecular complexity index is 636. The number of likely N-dealkylation sites (N-methyl/N-ethyl adjacent to an activating group) is 1. The number of ketones is 1. The first kappa shape index (κ1) is 16.9. The van der Waals surface area contributed by atoms with Gasteiger partial charge in [-0.1, -0.05) is 54.6 Å². The molecule has 23 heavy (non-hydrogen) atoms. The van der Waals surface area contributed by atoms with E-state index < -0.39 is 0 Å². The molecule has 0 aliphatic carbocycles. The lowest BCUT2D eigenvalue weighted by atomic mass is 10.0. The molecule has 0 saturated carbocycles. The molecule has 0 fully saturated rings. The molecule has 2 aromatic carbocycles. The fourth-order valence-corrected chi connectivity index (χ4v) is 2.27. The second-order valence-corrected chi connectivity index (χ2v) is 5.32. The molecule has 0 aromatic heterocycles. The van der Waals surface area contributed by atoms with E-state index in [0.717, 1.165) is 17.7 Å². The molecule has 0 atom stereocenters. The average molecular weight is 310 g/mol. The van der Waals surface area contributed by atoms with Crippen LogP contribution in [0.25, 0.3) is 11.1 Å². The molecule has 0 bridgehead atoms. The van der Waals surface area contributed by atoms with Gasteiger partial charge in [0.2, 0.25) is 5.91 Å². The van der Waals surface area contributed by atoms with Crippen LogP contribution >= 0.6 is 0 Å². The van der Waals surface area contributed by atoms with E-state index in [-0.39, 0.29) is 24.5 Å². The molecule has 0 unspecified atom stereocenters. The fourth-order valence-electron chi connectivity index (χ4n) is 2.27. The summed E-state index contributed by atoms with van der Waals surface area (Å²) in [5, 5.41) is 5.72. The molecule has 0 radical (unpaired) electrons. The van der Waals surface area contributed by atoms with Crippen LogP contribution in [-0.2, 0) is 4.79 Å². The third-order valence-corrected chi connectivity index (χ3v) is 3.59. The summed E-state index contributed by atoms with van der Waals surface area (Å²) in [6.45, 7) is 1.30. The van der Waals surface area contributed by atoms with Crippen molar-refractivity contribution in [2.75, 3.05) is 20.1 Å². The summed E-state index contributed by atoms with van der Waals surface area (Å²) in [5.74, 6) is -0.0946. The van der Waals surface area contributed by atoms with Crippen molar-refractivity contribution in [1.82, 2.24) is 10.6 Å². The van der Waals surface area contributed by atoms with Gasteiger partial charge in [-0.3, -0.25) is 9.59 Å². The maximum absolute atomic E-state index is 12.1. The van der Waals surface area contributed by atoms with Crippen molar-refractivity contribution in [3.63, 3.8) is 0 Å². The average Bonchev–Trinajstić information content (AvgIpc) is 2.61. The summed E-state index contributed by atoms with van der Waals surface area (Å²) in [4.78, 5) is 23.7. The highest BCUT2D eigenvalue weighted by Gasteiger charge is 2.09. The highest BCUT2D eigenvalue weighted by atomic mass is 16.2. The Morgan fingerprint density at radius 1 is 0.826 bits per heavy atom. The van der Waals surface area contributed by atoms with Crippen molar-refractivity contribution in [2.24, 2.45) is 0 Å². The molecule has 0 spiro atoms. The van der Waals surface area contributed by atoms with Crippen LogP contribution in [0, 0.1) is 0 Å². The summed E-state index contributed by atoms with van der Waals surface area (Å²) < 4.78 is 0. The van der Waals surface area contributed by atoms with Gasteiger partial charge < -0.3 is 10.6 Å². The van der Waals surface area contributed by atoms with Crippen LogP contribution in [0.2, 0.25) is 0 Å². The topological polar surface area (TPSA) is 58.2 Å². The first-order valence-electron chi connectivity index (χ1n) is 7.80. The van der Waals surface area contributed by atoms with Crippen molar-refractivity contribution in [3.05, 3.63) is 60.2 Å². The fraction of sp³-hybridized carbons (Fsp3) is 0.263. The van der Waals surface area contributed by atoms with Crippen molar-refractivity contribution in [3.8, 4) is 11.1 Å². The molecule has 2 N–H and O–H groups in total. The molecule has 0 saturated heterocycles. The Morgan fingerprint density at radius 3 is 2.13 bits per heavy atom. The predicted molar refractivity (Wildman–Crippen MR) is 92.4 cm³/mol. The Hall–Kier alpha value is -2.46. The maximum Gasteiger partial charge on any atom is 0.220 e. The molecule has 0 aliphatic rings. The molecule has 2 rings (SSSR count). The summed E-state index contributed by atoms with van der Waals surface area (Å²) in [6.07, 6.45) is 0.457.